The van der Waals surface area contributed by atoms with Crippen molar-refractivity contribution in [3.8, 4) is 0 Å². The van der Waals surface area contributed by atoms with Crippen molar-refractivity contribution in [2.75, 3.05) is 19.8 Å². The van der Waals surface area contributed by atoms with E-state index in [0.29, 0.717) is 17.8 Å². The van der Waals surface area contributed by atoms with E-state index in [1.807, 2.05) is 30.3 Å². The monoisotopic (exact) mass is 320 g/mol. The fraction of sp³-hybridized carbons (Fsp3) is 0.333. The van der Waals surface area contributed by atoms with E-state index in [1.165, 1.54) is 5.56 Å². The first-order valence-electron chi connectivity index (χ1n) is 7.18. The number of benzene rings is 1. The van der Waals surface area contributed by atoms with Crippen LogP contribution in [0.15, 0.2) is 54.6 Å². The SMILES string of the molecule is C=C(C)C(=O)OCCO.C=C(C)C(=O)OCCc1ccccc1. The summed E-state index contributed by atoms with van der Waals surface area (Å²) < 4.78 is 9.43. The molecule has 5 nitrogen and oxygen atoms in total. The zero-order chi connectivity index (χ0) is 17.7. The molecule has 0 aliphatic carbocycles. The molecule has 0 saturated carbocycles. The van der Waals surface area contributed by atoms with Crippen LogP contribution < -0.4 is 0 Å². The van der Waals surface area contributed by atoms with Gasteiger partial charge in [0.25, 0.3) is 0 Å². The van der Waals surface area contributed by atoms with Crippen LogP contribution >= 0.6 is 0 Å². The van der Waals surface area contributed by atoms with Crippen LogP contribution in [-0.4, -0.2) is 36.9 Å². The Morgan fingerprint density at radius 3 is 1.87 bits per heavy atom. The molecule has 23 heavy (non-hydrogen) atoms. The van der Waals surface area contributed by atoms with Crippen LogP contribution in [0.1, 0.15) is 19.4 Å². The van der Waals surface area contributed by atoms with Gasteiger partial charge in [0.15, 0.2) is 0 Å². The first kappa shape index (κ1) is 20.6. The molecule has 0 fully saturated rings. The maximum atomic E-state index is 11.0. The Balaban J connectivity index is 0.000000468. The molecule has 0 saturated heterocycles. The molecule has 126 valence electrons. The number of hydrogen-bond donors (Lipinski definition) is 1. The summed E-state index contributed by atoms with van der Waals surface area (Å²) in [4.78, 5) is 21.5. The van der Waals surface area contributed by atoms with Gasteiger partial charge in [-0.3, -0.25) is 0 Å². The lowest BCUT2D eigenvalue weighted by molar-refractivity contribution is -0.140. The average Bonchev–Trinajstić information content (AvgIpc) is 2.53. The van der Waals surface area contributed by atoms with Crippen LogP contribution in [0.5, 0.6) is 0 Å². The highest BCUT2D eigenvalue weighted by molar-refractivity contribution is 5.87. The molecule has 1 aromatic carbocycles. The summed E-state index contributed by atoms with van der Waals surface area (Å²) in [6.45, 7) is 10.4. The van der Waals surface area contributed by atoms with Gasteiger partial charge in [-0.2, -0.15) is 0 Å². The maximum Gasteiger partial charge on any atom is 0.333 e. The van der Waals surface area contributed by atoms with Crippen molar-refractivity contribution >= 4 is 11.9 Å². The van der Waals surface area contributed by atoms with Crippen LogP contribution in [0, 0.1) is 0 Å². The Kier molecular flexibility index (Phi) is 10.9. The third-order valence-electron chi connectivity index (χ3n) is 2.49. The molecule has 0 atom stereocenters. The Labute approximate surface area is 137 Å². The second-order valence-corrected chi connectivity index (χ2v) is 4.79. The highest BCUT2D eigenvalue weighted by Gasteiger charge is 2.02. The van der Waals surface area contributed by atoms with Crippen molar-refractivity contribution in [2.45, 2.75) is 20.3 Å². The molecule has 1 aromatic rings. The molecule has 0 radical (unpaired) electrons. The molecule has 0 unspecified atom stereocenters. The van der Waals surface area contributed by atoms with Gasteiger partial charge in [0.2, 0.25) is 0 Å². The summed E-state index contributed by atoms with van der Waals surface area (Å²) in [5, 5.41) is 8.19. The molecule has 0 aliphatic heterocycles. The van der Waals surface area contributed by atoms with Gasteiger partial charge in [-0.1, -0.05) is 43.5 Å². The molecule has 0 bridgehead atoms. The predicted octanol–water partition coefficient (Wildman–Crippen LogP) is 2.45. The molecule has 0 spiro atoms. The molecular weight excluding hydrogens is 296 g/mol. The fourth-order valence-electron chi connectivity index (χ4n) is 1.29. The number of carbonyl (C=O) groups is 2. The minimum atomic E-state index is -0.455. The summed E-state index contributed by atoms with van der Waals surface area (Å²) in [6, 6.07) is 9.92. The van der Waals surface area contributed by atoms with Crippen LogP contribution in [0.2, 0.25) is 0 Å². The van der Waals surface area contributed by atoms with Crippen molar-refractivity contribution in [3.05, 3.63) is 60.2 Å². The van der Waals surface area contributed by atoms with Crippen molar-refractivity contribution in [1.82, 2.24) is 0 Å². The third kappa shape index (κ3) is 10.9. The Morgan fingerprint density at radius 2 is 1.43 bits per heavy atom. The zero-order valence-corrected chi connectivity index (χ0v) is 13.7. The zero-order valence-electron chi connectivity index (χ0n) is 13.7. The predicted molar refractivity (Wildman–Crippen MR) is 88.8 cm³/mol. The number of hydrogen-bond acceptors (Lipinski definition) is 5. The van der Waals surface area contributed by atoms with Gasteiger partial charge < -0.3 is 14.6 Å². The first-order valence-corrected chi connectivity index (χ1v) is 7.18. The van der Waals surface area contributed by atoms with Crippen LogP contribution in [0.3, 0.4) is 0 Å². The molecule has 0 aromatic heterocycles. The van der Waals surface area contributed by atoms with Gasteiger partial charge in [-0.15, -0.1) is 0 Å². The molecular formula is C18H24O5. The Morgan fingerprint density at radius 1 is 0.957 bits per heavy atom. The van der Waals surface area contributed by atoms with E-state index in [0.717, 1.165) is 6.42 Å². The normalized spacial score (nSPS) is 9.17. The van der Waals surface area contributed by atoms with Gasteiger partial charge in [-0.05, 0) is 19.4 Å². The molecule has 1 N–H and O–H groups in total. The van der Waals surface area contributed by atoms with E-state index in [2.05, 4.69) is 17.9 Å². The van der Waals surface area contributed by atoms with Crippen LogP contribution in [-0.2, 0) is 25.5 Å². The summed E-state index contributed by atoms with van der Waals surface area (Å²) in [5.74, 6) is -0.773. The first-order chi connectivity index (χ1) is 10.9. The number of aliphatic hydroxyl groups is 1. The Bertz CT molecular complexity index is 519. The molecule has 0 amide bonds. The standard InChI is InChI=1S/C12H14O2.C6H10O3/c1-10(2)12(13)14-9-8-11-6-4-3-5-7-11;1-5(2)6(8)9-4-3-7/h3-7H,1,8-9H2,2H3;7H,1,3-4H2,2H3. The van der Waals surface area contributed by atoms with Crippen molar-refractivity contribution in [2.24, 2.45) is 0 Å². The van der Waals surface area contributed by atoms with E-state index in [1.54, 1.807) is 13.8 Å². The van der Waals surface area contributed by atoms with Crippen molar-refractivity contribution < 1.29 is 24.2 Å². The van der Waals surface area contributed by atoms with Crippen molar-refractivity contribution in [3.63, 3.8) is 0 Å². The highest BCUT2D eigenvalue weighted by atomic mass is 16.5. The average molecular weight is 320 g/mol. The fourth-order valence-corrected chi connectivity index (χ4v) is 1.29. The number of aliphatic hydroxyl groups excluding tert-OH is 1. The maximum absolute atomic E-state index is 11.0. The van der Waals surface area contributed by atoms with Gasteiger partial charge in [0.1, 0.15) is 6.61 Å². The molecule has 0 heterocycles. The second kappa shape index (κ2) is 12.2. The molecule has 0 aliphatic rings. The lowest BCUT2D eigenvalue weighted by atomic mass is 10.2. The molecule has 1 rings (SSSR count). The van der Waals surface area contributed by atoms with E-state index in [9.17, 15) is 9.59 Å². The van der Waals surface area contributed by atoms with Gasteiger partial charge in [0, 0.05) is 17.6 Å². The van der Waals surface area contributed by atoms with Gasteiger partial charge in [-0.25, -0.2) is 9.59 Å². The molecule has 5 heteroatoms. The number of esters is 2. The minimum absolute atomic E-state index is 0.0473. The summed E-state index contributed by atoms with van der Waals surface area (Å²) in [5.41, 5.74) is 1.96. The van der Waals surface area contributed by atoms with Gasteiger partial charge in [0.05, 0.1) is 13.2 Å². The minimum Gasteiger partial charge on any atom is -0.462 e. The quantitative estimate of drug-likeness (QED) is 0.617. The topological polar surface area (TPSA) is 72.8 Å². The lowest BCUT2D eigenvalue weighted by Crippen LogP contribution is -2.08. The van der Waals surface area contributed by atoms with Crippen LogP contribution in [0.4, 0.5) is 0 Å². The number of ether oxygens (including phenoxy) is 2. The Hall–Kier alpha value is -2.40. The number of rotatable bonds is 7. The second-order valence-electron chi connectivity index (χ2n) is 4.79. The smallest absolute Gasteiger partial charge is 0.333 e. The van der Waals surface area contributed by atoms with E-state index in [4.69, 9.17) is 9.84 Å². The van der Waals surface area contributed by atoms with E-state index >= 15 is 0 Å². The lowest BCUT2D eigenvalue weighted by Gasteiger charge is -2.03. The summed E-state index contributed by atoms with van der Waals surface area (Å²) in [6.07, 6.45) is 0.750. The van der Waals surface area contributed by atoms with E-state index in [-0.39, 0.29) is 19.2 Å². The van der Waals surface area contributed by atoms with Crippen LogP contribution in [0.25, 0.3) is 0 Å². The van der Waals surface area contributed by atoms with E-state index < -0.39 is 5.97 Å². The number of carbonyl (C=O) groups excluding carboxylic acids is 2. The largest absolute Gasteiger partial charge is 0.462 e. The third-order valence-corrected chi connectivity index (χ3v) is 2.49. The summed E-state index contributed by atoms with van der Waals surface area (Å²) in [7, 11) is 0. The highest BCUT2D eigenvalue weighted by Crippen LogP contribution is 2.00. The summed E-state index contributed by atoms with van der Waals surface area (Å²) >= 11 is 0. The van der Waals surface area contributed by atoms with Gasteiger partial charge >= 0.3 is 11.9 Å². The van der Waals surface area contributed by atoms with Crippen molar-refractivity contribution in [1.29, 1.82) is 0 Å².